The number of piperidine rings is 1. The van der Waals surface area contributed by atoms with Crippen LogP contribution < -0.4 is 10.5 Å². The van der Waals surface area contributed by atoms with Gasteiger partial charge in [-0.05, 0) is 42.9 Å². The van der Waals surface area contributed by atoms with E-state index in [1.165, 1.54) is 23.4 Å². The molecule has 0 radical (unpaired) electrons. The summed E-state index contributed by atoms with van der Waals surface area (Å²) in [5, 5.41) is 0. The van der Waals surface area contributed by atoms with Crippen molar-refractivity contribution < 1.29 is 4.39 Å². The molecule has 0 bridgehead atoms. The van der Waals surface area contributed by atoms with Gasteiger partial charge < -0.3 is 4.90 Å². The first-order chi connectivity index (χ1) is 13.7. The van der Waals surface area contributed by atoms with E-state index in [2.05, 4.69) is 44.1 Å². The van der Waals surface area contributed by atoms with Crippen LogP contribution >= 0.6 is 0 Å². The van der Waals surface area contributed by atoms with Crippen LogP contribution in [0, 0.1) is 5.82 Å². The van der Waals surface area contributed by atoms with Crippen LogP contribution in [0.15, 0.2) is 53.6 Å². The molecule has 0 unspecified atom stereocenters. The first kappa shape index (κ1) is 17.1. The third-order valence-electron chi connectivity index (χ3n) is 5.99. The lowest BCUT2D eigenvalue weighted by molar-refractivity contribution is 0.361. The predicted molar refractivity (Wildman–Crippen MR) is 106 cm³/mol. The molecule has 3 heterocycles. The zero-order valence-corrected chi connectivity index (χ0v) is 15.4. The van der Waals surface area contributed by atoms with Gasteiger partial charge in [-0.25, -0.2) is 9.37 Å². The summed E-state index contributed by atoms with van der Waals surface area (Å²) in [6.07, 6.45) is 6.88. The monoisotopic (exact) mass is 376 g/mol. The Labute approximate surface area is 162 Å². The van der Waals surface area contributed by atoms with E-state index >= 15 is 0 Å². The van der Waals surface area contributed by atoms with Crippen LogP contribution in [0.25, 0.3) is 11.3 Å². The van der Waals surface area contributed by atoms with Gasteiger partial charge in [-0.1, -0.05) is 24.3 Å². The molecular weight excluding hydrogens is 355 g/mol. The molecule has 2 atom stereocenters. The molecule has 1 saturated heterocycles. The van der Waals surface area contributed by atoms with Crippen molar-refractivity contribution in [3.8, 4) is 11.3 Å². The van der Waals surface area contributed by atoms with Gasteiger partial charge in [0.1, 0.15) is 0 Å². The molecule has 1 fully saturated rings. The molecule has 2 aliphatic rings. The first-order valence-electron chi connectivity index (χ1n) is 9.76. The lowest BCUT2D eigenvalue weighted by Gasteiger charge is -2.45. The fraction of sp³-hybridized carbons (Fsp3) is 0.318. The minimum atomic E-state index is -0.477. The maximum atomic E-state index is 14.2. The summed E-state index contributed by atoms with van der Waals surface area (Å²) >= 11 is 0. The highest BCUT2D eigenvalue weighted by Crippen LogP contribution is 2.41. The molecule has 142 valence electrons. The maximum Gasteiger partial charge on any atom is 0.252 e. The molecule has 6 heteroatoms. The number of nitrogens with zero attached hydrogens (tertiary/aromatic N) is 3. The molecule has 0 saturated carbocycles. The molecule has 28 heavy (non-hydrogen) atoms. The second-order valence-corrected chi connectivity index (χ2v) is 7.56. The summed E-state index contributed by atoms with van der Waals surface area (Å²) in [5.74, 6) is 0.493. The molecule has 5 rings (SSSR count). The second kappa shape index (κ2) is 6.86. The maximum absolute atomic E-state index is 14.2. The van der Waals surface area contributed by atoms with Crippen LogP contribution in [-0.2, 0) is 6.42 Å². The summed E-state index contributed by atoms with van der Waals surface area (Å²) in [6.45, 7) is 0.842. The highest BCUT2D eigenvalue weighted by Gasteiger charge is 2.37. The number of anilines is 1. The molecule has 2 aromatic heterocycles. The lowest BCUT2D eigenvalue weighted by Crippen LogP contribution is -2.47. The molecule has 1 aromatic carbocycles. The number of hydrogen-bond acceptors (Lipinski definition) is 4. The molecule has 3 aromatic rings. The van der Waals surface area contributed by atoms with Gasteiger partial charge in [-0.2, -0.15) is 0 Å². The van der Waals surface area contributed by atoms with Gasteiger partial charge in [0, 0.05) is 36.3 Å². The third-order valence-corrected chi connectivity index (χ3v) is 5.99. The number of pyridine rings is 1. The Morgan fingerprint density at radius 2 is 2.07 bits per heavy atom. The number of hydrogen-bond donors (Lipinski definition) is 1. The number of fused-ring (bicyclic) bond motifs is 3. The van der Waals surface area contributed by atoms with Crippen LogP contribution in [0.5, 0.6) is 0 Å². The third kappa shape index (κ3) is 2.89. The zero-order chi connectivity index (χ0) is 19.1. The van der Waals surface area contributed by atoms with Crippen molar-refractivity contribution in [2.45, 2.75) is 37.6 Å². The van der Waals surface area contributed by atoms with E-state index in [4.69, 9.17) is 0 Å². The number of aromatic nitrogens is 3. The zero-order valence-electron chi connectivity index (χ0n) is 15.4. The summed E-state index contributed by atoms with van der Waals surface area (Å²) < 4.78 is 14.2. The Kier molecular flexibility index (Phi) is 4.19. The van der Waals surface area contributed by atoms with Crippen LogP contribution in [0.4, 0.5) is 10.3 Å². The Balaban J connectivity index is 1.55. The molecule has 0 amide bonds. The van der Waals surface area contributed by atoms with Crippen molar-refractivity contribution in [2.75, 3.05) is 11.4 Å². The van der Waals surface area contributed by atoms with E-state index in [1.807, 2.05) is 0 Å². The van der Waals surface area contributed by atoms with E-state index in [0.717, 1.165) is 38.4 Å². The van der Waals surface area contributed by atoms with Gasteiger partial charge in [0.15, 0.2) is 5.82 Å². The highest BCUT2D eigenvalue weighted by atomic mass is 19.1. The summed E-state index contributed by atoms with van der Waals surface area (Å²) in [5.41, 5.74) is 3.22. The predicted octanol–water partition coefficient (Wildman–Crippen LogP) is 3.67. The van der Waals surface area contributed by atoms with E-state index < -0.39 is 5.82 Å². The van der Waals surface area contributed by atoms with Crippen LogP contribution in [0.2, 0.25) is 0 Å². The minimum absolute atomic E-state index is 0.269. The smallest absolute Gasteiger partial charge is 0.252 e. The van der Waals surface area contributed by atoms with Gasteiger partial charge >= 0.3 is 0 Å². The van der Waals surface area contributed by atoms with E-state index in [-0.39, 0.29) is 5.56 Å². The van der Waals surface area contributed by atoms with E-state index in [1.54, 1.807) is 6.07 Å². The largest absolute Gasteiger partial charge is 0.339 e. The van der Waals surface area contributed by atoms with Crippen LogP contribution in [0.3, 0.4) is 0 Å². The van der Waals surface area contributed by atoms with Crippen molar-refractivity contribution in [3.05, 3.63) is 76.1 Å². The van der Waals surface area contributed by atoms with Crippen molar-refractivity contribution in [1.29, 1.82) is 0 Å². The summed E-state index contributed by atoms with van der Waals surface area (Å²) in [7, 11) is 0. The van der Waals surface area contributed by atoms with Gasteiger partial charge in [-0.15, -0.1) is 0 Å². The van der Waals surface area contributed by atoms with E-state index in [9.17, 15) is 9.18 Å². The number of rotatable bonds is 2. The fourth-order valence-electron chi connectivity index (χ4n) is 4.77. The molecule has 1 N–H and O–H groups in total. The molecule has 1 aliphatic carbocycles. The Morgan fingerprint density at radius 1 is 1.18 bits per heavy atom. The van der Waals surface area contributed by atoms with Gasteiger partial charge in [0.2, 0.25) is 5.95 Å². The number of H-pyrrole nitrogens is 1. The van der Waals surface area contributed by atoms with Gasteiger partial charge in [0.25, 0.3) is 5.56 Å². The van der Waals surface area contributed by atoms with E-state index in [0.29, 0.717) is 29.2 Å². The number of nitrogens with one attached hydrogen (secondary N) is 1. The Morgan fingerprint density at radius 3 is 2.96 bits per heavy atom. The van der Waals surface area contributed by atoms with Crippen molar-refractivity contribution in [1.82, 2.24) is 15.0 Å². The van der Waals surface area contributed by atoms with Crippen LogP contribution in [0.1, 0.15) is 36.3 Å². The number of aryl methyl sites for hydroxylation is 1. The Hall–Kier alpha value is -3.02. The average molecular weight is 376 g/mol. The van der Waals surface area contributed by atoms with Crippen molar-refractivity contribution in [3.63, 3.8) is 0 Å². The number of benzene rings is 1. The fourth-order valence-corrected chi connectivity index (χ4v) is 4.77. The minimum Gasteiger partial charge on any atom is -0.339 e. The standard InChI is InChI=1S/C22H21FN4O/c23-18-13-24-10-9-17(18)19-12-21(28)26-22(25-19)27-11-3-6-16-15-5-2-1-4-14(15)7-8-20(16)27/h1-2,4-5,9-10,12-13,16,20H,3,6-8,11H2,(H,25,26,28)/t16-,20-/m0/s1. The van der Waals surface area contributed by atoms with Gasteiger partial charge in [-0.3, -0.25) is 14.8 Å². The Bertz CT molecular complexity index is 1080. The first-order valence-corrected chi connectivity index (χ1v) is 9.76. The molecule has 5 nitrogen and oxygen atoms in total. The van der Waals surface area contributed by atoms with Crippen molar-refractivity contribution >= 4 is 5.95 Å². The van der Waals surface area contributed by atoms with Crippen molar-refractivity contribution in [2.24, 2.45) is 0 Å². The SMILES string of the molecule is O=c1cc(-c2ccncc2F)nc(N2CCC[C@H]3c4ccccc4CC[C@@H]32)[nH]1. The molecule has 0 spiro atoms. The lowest BCUT2D eigenvalue weighted by atomic mass is 9.74. The number of aromatic amines is 1. The number of halogens is 1. The normalized spacial score (nSPS) is 21.1. The quantitative estimate of drug-likeness (QED) is 0.741. The molecule has 1 aliphatic heterocycles. The highest BCUT2D eigenvalue weighted by molar-refractivity contribution is 5.60. The average Bonchev–Trinajstić information content (AvgIpc) is 2.73. The van der Waals surface area contributed by atoms with Crippen LogP contribution in [-0.4, -0.2) is 27.5 Å². The van der Waals surface area contributed by atoms with Gasteiger partial charge in [0.05, 0.1) is 11.9 Å². The second-order valence-electron chi connectivity index (χ2n) is 7.56. The molecular formula is C22H21FN4O. The summed E-state index contributed by atoms with van der Waals surface area (Å²) in [6, 6.07) is 11.9. The topological polar surface area (TPSA) is 61.9 Å². The summed E-state index contributed by atoms with van der Waals surface area (Å²) in [4.78, 5) is 25.9.